The van der Waals surface area contributed by atoms with Gasteiger partial charge in [0.15, 0.2) is 6.39 Å². The number of hydrogen-bond acceptors (Lipinski definition) is 3. The van der Waals surface area contributed by atoms with Crippen LogP contribution >= 0.6 is 0 Å². The van der Waals surface area contributed by atoms with E-state index in [0.29, 0.717) is 30.8 Å². The number of halogens is 3. The molecule has 1 aliphatic rings. The largest absolute Gasteiger partial charge is 0.448 e. The van der Waals surface area contributed by atoms with Crippen LogP contribution in [0.3, 0.4) is 0 Å². The van der Waals surface area contributed by atoms with E-state index in [1.165, 1.54) is 6.39 Å². The Balaban J connectivity index is 2.18. The maximum Gasteiger partial charge on any atom is 0.392 e. The molecule has 1 fully saturated rings. The molecule has 120 valence electrons. The highest BCUT2D eigenvalue weighted by atomic mass is 19.4. The molecule has 6 heteroatoms. The molecule has 2 atom stereocenters. The number of nitrogens with zero attached hydrogens (tertiary/aromatic N) is 1. The van der Waals surface area contributed by atoms with E-state index in [2.05, 4.69) is 10.3 Å². The highest BCUT2D eigenvalue weighted by Gasteiger charge is 2.47. The Bertz CT molecular complexity index is 462. The molecular formula is C15H23F3N2O. The van der Waals surface area contributed by atoms with E-state index in [9.17, 15) is 13.2 Å². The van der Waals surface area contributed by atoms with Crippen molar-refractivity contribution in [2.75, 3.05) is 0 Å². The molecule has 0 radical (unpaired) electrons. The summed E-state index contributed by atoms with van der Waals surface area (Å²) in [5.41, 5.74) is 0.484. The number of nitrogens with one attached hydrogen (secondary N) is 1. The van der Waals surface area contributed by atoms with Crippen molar-refractivity contribution < 1.29 is 17.6 Å². The predicted octanol–water partition coefficient (Wildman–Crippen LogP) is 4.40. The summed E-state index contributed by atoms with van der Waals surface area (Å²) in [6.07, 6.45) is -0.777. The third kappa shape index (κ3) is 4.22. The Labute approximate surface area is 123 Å². The van der Waals surface area contributed by atoms with Gasteiger partial charge in [-0.25, -0.2) is 4.98 Å². The fourth-order valence-electron chi connectivity index (χ4n) is 2.90. The molecule has 1 aromatic heterocycles. The molecule has 0 aromatic carbocycles. The first-order valence-corrected chi connectivity index (χ1v) is 7.42. The van der Waals surface area contributed by atoms with Crippen LogP contribution in [0.15, 0.2) is 10.8 Å². The van der Waals surface area contributed by atoms with Gasteiger partial charge in [-0.3, -0.25) is 0 Å². The van der Waals surface area contributed by atoms with Crippen molar-refractivity contribution >= 4 is 0 Å². The van der Waals surface area contributed by atoms with Crippen LogP contribution in [0, 0.1) is 5.92 Å². The number of aromatic nitrogens is 1. The normalized spacial score (nSPS) is 24.3. The van der Waals surface area contributed by atoms with Crippen LogP contribution < -0.4 is 5.32 Å². The predicted molar refractivity (Wildman–Crippen MR) is 73.8 cm³/mol. The number of rotatable bonds is 3. The van der Waals surface area contributed by atoms with Crippen LogP contribution in [-0.4, -0.2) is 16.7 Å². The van der Waals surface area contributed by atoms with E-state index in [1.54, 1.807) is 0 Å². The molecule has 0 bridgehead atoms. The highest BCUT2D eigenvalue weighted by molar-refractivity contribution is 5.16. The van der Waals surface area contributed by atoms with Crippen molar-refractivity contribution in [3.63, 3.8) is 0 Å². The minimum atomic E-state index is -4.17. The minimum absolute atomic E-state index is 0.119. The molecule has 1 saturated carbocycles. The lowest BCUT2D eigenvalue weighted by molar-refractivity contribution is -0.188. The number of oxazole rings is 1. The molecule has 1 aromatic rings. The zero-order valence-corrected chi connectivity index (χ0v) is 12.8. The molecule has 1 heterocycles. The van der Waals surface area contributed by atoms with Crippen LogP contribution in [0.1, 0.15) is 63.8 Å². The van der Waals surface area contributed by atoms with Crippen molar-refractivity contribution in [1.82, 2.24) is 10.3 Å². The Kier molecular flexibility index (Phi) is 4.66. The van der Waals surface area contributed by atoms with E-state index >= 15 is 0 Å². The van der Waals surface area contributed by atoms with Crippen molar-refractivity contribution in [3.8, 4) is 0 Å². The smallest absolute Gasteiger partial charge is 0.392 e. The average Bonchev–Trinajstić information content (AvgIpc) is 2.82. The first kappa shape index (κ1) is 16.3. The molecule has 21 heavy (non-hydrogen) atoms. The van der Waals surface area contributed by atoms with Crippen LogP contribution in [0.2, 0.25) is 0 Å². The van der Waals surface area contributed by atoms with Gasteiger partial charge in [0.1, 0.15) is 5.76 Å². The summed E-state index contributed by atoms with van der Waals surface area (Å²) in [5, 5.41) is 3.25. The van der Waals surface area contributed by atoms with Crippen molar-refractivity contribution in [3.05, 3.63) is 17.8 Å². The molecule has 2 unspecified atom stereocenters. The quantitative estimate of drug-likeness (QED) is 0.899. The second-order valence-corrected chi connectivity index (χ2v) is 6.81. The van der Waals surface area contributed by atoms with Gasteiger partial charge in [0.2, 0.25) is 0 Å². The Hall–Kier alpha value is -1.04. The fourth-order valence-corrected chi connectivity index (χ4v) is 2.90. The van der Waals surface area contributed by atoms with E-state index in [4.69, 9.17) is 4.42 Å². The molecule has 0 saturated heterocycles. The summed E-state index contributed by atoms with van der Waals surface area (Å²) < 4.78 is 45.0. The van der Waals surface area contributed by atoms with Gasteiger partial charge in [-0.05, 0) is 33.6 Å². The molecule has 0 aliphatic heterocycles. The van der Waals surface area contributed by atoms with Gasteiger partial charge in [-0.2, -0.15) is 13.2 Å². The highest BCUT2D eigenvalue weighted by Crippen LogP contribution is 2.47. The van der Waals surface area contributed by atoms with Crippen LogP contribution in [0.5, 0.6) is 0 Å². The minimum Gasteiger partial charge on any atom is -0.448 e. The van der Waals surface area contributed by atoms with Crippen molar-refractivity contribution in [1.29, 1.82) is 0 Å². The van der Waals surface area contributed by atoms with Crippen LogP contribution in [-0.2, 0) is 6.54 Å². The maximum absolute atomic E-state index is 13.2. The SMILES string of the molecule is CC(C)(C)NCc1ncoc1C1CCCCC1C(F)(F)F. The van der Waals surface area contributed by atoms with Gasteiger partial charge in [0.05, 0.1) is 11.6 Å². The lowest BCUT2D eigenvalue weighted by Crippen LogP contribution is -2.36. The van der Waals surface area contributed by atoms with Gasteiger partial charge >= 0.3 is 6.18 Å². The third-order valence-corrected chi connectivity index (χ3v) is 3.98. The molecule has 0 spiro atoms. The lowest BCUT2D eigenvalue weighted by Gasteiger charge is -2.32. The van der Waals surface area contributed by atoms with Crippen LogP contribution in [0.4, 0.5) is 13.2 Å². The summed E-state index contributed by atoms with van der Waals surface area (Å²) in [5.74, 6) is -1.50. The van der Waals surface area contributed by atoms with Crippen LogP contribution in [0.25, 0.3) is 0 Å². The molecule has 0 amide bonds. The molecule has 3 nitrogen and oxygen atoms in total. The standard InChI is InChI=1S/C15H23F3N2O/c1-14(2,3)20-8-12-13(21-9-19-12)10-6-4-5-7-11(10)15(16,17)18/h9-11,20H,4-8H2,1-3H3. The Morgan fingerprint density at radius 2 is 1.90 bits per heavy atom. The molecule has 1 N–H and O–H groups in total. The fraction of sp³-hybridized carbons (Fsp3) is 0.800. The molecule has 2 rings (SSSR count). The van der Waals surface area contributed by atoms with Gasteiger partial charge in [0, 0.05) is 18.0 Å². The van der Waals surface area contributed by atoms with E-state index in [0.717, 1.165) is 6.42 Å². The van der Waals surface area contributed by atoms with E-state index < -0.39 is 18.0 Å². The van der Waals surface area contributed by atoms with Gasteiger partial charge in [-0.1, -0.05) is 12.8 Å². The molecular weight excluding hydrogens is 281 g/mol. The van der Waals surface area contributed by atoms with Crippen molar-refractivity contribution in [2.45, 2.75) is 70.6 Å². The summed E-state index contributed by atoms with van der Waals surface area (Å²) in [6.45, 7) is 6.44. The zero-order chi connectivity index (χ0) is 15.7. The van der Waals surface area contributed by atoms with E-state index in [1.807, 2.05) is 20.8 Å². The monoisotopic (exact) mass is 304 g/mol. The van der Waals surface area contributed by atoms with Crippen molar-refractivity contribution in [2.24, 2.45) is 5.92 Å². The summed E-state index contributed by atoms with van der Waals surface area (Å²) in [6, 6.07) is 0. The Morgan fingerprint density at radius 3 is 2.52 bits per heavy atom. The summed E-state index contributed by atoms with van der Waals surface area (Å²) in [4.78, 5) is 4.11. The van der Waals surface area contributed by atoms with Gasteiger partial charge < -0.3 is 9.73 Å². The third-order valence-electron chi connectivity index (χ3n) is 3.98. The molecule has 1 aliphatic carbocycles. The average molecular weight is 304 g/mol. The second-order valence-electron chi connectivity index (χ2n) is 6.81. The lowest BCUT2D eigenvalue weighted by atomic mass is 9.77. The number of alkyl halides is 3. The second kappa shape index (κ2) is 5.99. The topological polar surface area (TPSA) is 38.1 Å². The Morgan fingerprint density at radius 1 is 1.24 bits per heavy atom. The van der Waals surface area contributed by atoms with Gasteiger partial charge in [-0.15, -0.1) is 0 Å². The van der Waals surface area contributed by atoms with Gasteiger partial charge in [0.25, 0.3) is 0 Å². The first-order valence-electron chi connectivity index (χ1n) is 7.42. The zero-order valence-electron chi connectivity index (χ0n) is 12.8. The first-order chi connectivity index (χ1) is 9.68. The van der Waals surface area contributed by atoms with E-state index in [-0.39, 0.29) is 12.0 Å². The maximum atomic E-state index is 13.2. The summed E-state index contributed by atoms with van der Waals surface area (Å²) in [7, 11) is 0. The summed E-state index contributed by atoms with van der Waals surface area (Å²) >= 11 is 0. The number of hydrogen-bond donors (Lipinski definition) is 1.